The van der Waals surface area contributed by atoms with Gasteiger partial charge < -0.3 is 20.1 Å². The van der Waals surface area contributed by atoms with Crippen molar-refractivity contribution in [1.82, 2.24) is 25.1 Å². The minimum atomic E-state index is -0.618. The second kappa shape index (κ2) is 10.1. The van der Waals surface area contributed by atoms with Crippen LogP contribution in [0, 0.1) is 6.92 Å². The Bertz CT molecular complexity index is 1210. The van der Waals surface area contributed by atoms with Crippen molar-refractivity contribution in [3.8, 4) is 11.3 Å². The van der Waals surface area contributed by atoms with E-state index in [-0.39, 0.29) is 0 Å². The van der Waals surface area contributed by atoms with Crippen LogP contribution in [0.1, 0.15) is 52.7 Å². The third-order valence-corrected chi connectivity index (χ3v) is 4.54. The first-order chi connectivity index (χ1) is 16.3. The third-order valence-electron chi connectivity index (χ3n) is 4.54. The van der Waals surface area contributed by atoms with Crippen LogP contribution in [0.4, 0.5) is 21.2 Å². The van der Waals surface area contributed by atoms with Gasteiger partial charge in [-0.1, -0.05) is 12.1 Å². The molecule has 35 heavy (non-hydrogen) atoms. The molecule has 3 rings (SSSR count). The maximum absolute atomic E-state index is 12.2. The summed E-state index contributed by atoms with van der Waals surface area (Å²) in [4.78, 5) is 32.9. The van der Waals surface area contributed by atoms with Crippen molar-refractivity contribution in [2.75, 3.05) is 5.32 Å². The van der Waals surface area contributed by atoms with E-state index < -0.39 is 23.4 Å². The zero-order chi connectivity index (χ0) is 25.8. The monoisotopic (exact) mass is 480 g/mol. The van der Waals surface area contributed by atoms with Gasteiger partial charge in [0.05, 0.1) is 23.8 Å². The van der Waals surface area contributed by atoms with Crippen LogP contribution in [-0.2, 0) is 16.0 Å². The third kappa shape index (κ3) is 7.80. The molecule has 0 spiro atoms. The van der Waals surface area contributed by atoms with Crippen molar-refractivity contribution in [1.29, 1.82) is 0 Å². The summed E-state index contributed by atoms with van der Waals surface area (Å²) in [5.74, 6) is 0.361. The predicted octanol–water partition coefficient (Wildman–Crippen LogP) is 5.20. The number of rotatable bonds is 5. The van der Waals surface area contributed by atoms with Gasteiger partial charge in [0.25, 0.3) is 0 Å². The zero-order valence-electron chi connectivity index (χ0n) is 21.2. The Kier molecular flexibility index (Phi) is 7.42. The van der Waals surface area contributed by atoms with Gasteiger partial charge >= 0.3 is 12.2 Å². The first kappa shape index (κ1) is 25.7. The van der Waals surface area contributed by atoms with Crippen molar-refractivity contribution < 1.29 is 19.1 Å². The number of nitrogens with one attached hydrogen (secondary N) is 2. The minimum absolute atomic E-state index is 0.360. The van der Waals surface area contributed by atoms with E-state index in [1.54, 1.807) is 27.0 Å². The lowest BCUT2D eigenvalue weighted by Gasteiger charge is -2.20. The number of carbonyl (C=O) groups is 2. The summed E-state index contributed by atoms with van der Waals surface area (Å²) in [5.41, 5.74) is 2.99. The van der Waals surface area contributed by atoms with Crippen LogP contribution < -0.4 is 10.6 Å². The van der Waals surface area contributed by atoms with Gasteiger partial charge in [-0.25, -0.2) is 19.6 Å². The van der Waals surface area contributed by atoms with Gasteiger partial charge in [0, 0.05) is 18.3 Å². The molecule has 0 aliphatic heterocycles. The number of alkyl carbamates (subject to hydrolysis) is 1. The number of hydrogen-bond acceptors (Lipinski definition) is 8. The van der Waals surface area contributed by atoms with E-state index in [9.17, 15) is 9.59 Å². The molecule has 0 atom stereocenters. The van der Waals surface area contributed by atoms with Gasteiger partial charge in [-0.15, -0.1) is 0 Å². The Morgan fingerprint density at radius 1 is 1.03 bits per heavy atom. The SMILES string of the molecule is Cc1cc(-c2ccnc(Nc3cnn(C(=O)OC(C)(C)C)c3)n2)ccc1CNC(=O)OC(C)(C)C. The lowest BCUT2D eigenvalue weighted by atomic mass is 10.0. The molecule has 0 radical (unpaired) electrons. The Balaban J connectivity index is 1.67. The number of carbonyl (C=O) groups excluding carboxylic acids is 2. The number of hydrogen-bond donors (Lipinski definition) is 2. The van der Waals surface area contributed by atoms with Crippen molar-refractivity contribution in [2.45, 2.75) is 66.2 Å². The molecule has 0 aliphatic rings. The molecule has 0 saturated heterocycles. The molecular weight excluding hydrogens is 448 g/mol. The number of amides is 1. The molecule has 2 heterocycles. The molecule has 10 heteroatoms. The Labute approximate surface area is 205 Å². The molecule has 2 aromatic heterocycles. The molecule has 0 saturated carbocycles. The fraction of sp³-hybridized carbons (Fsp3) is 0.400. The summed E-state index contributed by atoms with van der Waals surface area (Å²) in [7, 11) is 0. The fourth-order valence-corrected chi connectivity index (χ4v) is 3.04. The summed E-state index contributed by atoms with van der Waals surface area (Å²) in [6, 6.07) is 7.69. The van der Waals surface area contributed by atoms with Crippen molar-refractivity contribution in [3.05, 3.63) is 54.0 Å². The second-order valence-electron chi connectivity index (χ2n) is 10.0. The molecular formula is C25H32N6O4. The van der Waals surface area contributed by atoms with Gasteiger partial charge in [-0.05, 0) is 71.7 Å². The summed E-state index contributed by atoms with van der Waals surface area (Å²) in [6.07, 6.45) is 3.63. The number of nitrogens with zero attached hydrogens (tertiary/aromatic N) is 4. The highest BCUT2D eigenvalue weighted by atomic mass is 16.6. The normalized spacial score (nSPS) is 11.6. The number of aromatic nitrogens is 4. The maximum Gasteiger partial charge on any atom is 0.435 e. The Morgan fingerprint density at radius 2 is 1.74 bits per heavy atom. The molecule has 1 amide bonds. The fourth-order valence-electron chi connectivity index (χ4n) is 3.04. The van der Waals surface area contributed by atoms with Crippen LogP contribution in [-0.4, -0.2) is 43.1 Å². The standard InChI is InChI=1S/C25H32N6O4/c1-16-12-17(8-9-18(16)13-27-22(32)34-24(2,3)4)20-10-11-26-21(30-20)29-19-14-28-31(15-19)23(33)35-25(5,6)7/h8-12,14-15H,13H2,1-7H3,(H,27,32)(H,26,29,30). The summed E-state index contributed by atoms with van der Waals surface area (Å²) < 4.78 is 11.7. The molecule has 0 unspecified atom stereocenters. The van der Waals surface area contributed by atoms with E-state index >= 15 is 0 Å². The van der Waals surface area contributed by atoms with E-state index in [4.69, 9.17) is 9.47 Å². The molecule has 10 nitrogen and oxygen atoms in total. The molecule has 186 valence electrons. The summed E-state index contributed by atoms with van der Waals surface area (Å²) >= 11 is 0. The average molecular weight is 481 g/mol. The lowest BCUT2D eigenvalue weighted by Crippen LogP contribution is -2.32. The molecule has 0 bridgehead atoms. The van der Waals surface area contributed by atoms with Crippen molar-refractivity contribution in [2.24, 2.45) is 0 Å². The first-order valence-electron chi connectivity index (χ1n) is 11.2. The van der Waals surface area contributed by atoms with E-state index in [0.29, 0.717) is 18.2 Å². The topological polar surface area (TPSA) is 120 Å². The van der Waals surface area contributed by atoms with E-state index in [1.165, 1.54) is 12.4 Å². The lowest BCUT2D eigenvalue weighted by molar-refractivity contribution is 0.0507. The van der Waals surface area contributed by atoms with E-state index in [1.807, 2.05) is 52.0 Å². The van der Waals surface area contributed by atoms with Gasteiger partial charge in [0.2, 0.25) is 5.95 Å². The molecule has 3 aromatic rings. The first-order valence-corrected chi connectivity index (χ1v) is 11.2. The van der Waals surface area contributed by atoms with Crippen LogP contribution in [0.5, 0.6) is 0 Å². The maximum atomic E-state index is 12.2. The van der Waals surface area contributed by atoms with Crippen LogP contribution in [0.15, 0.2) is 42.9 Å². The number of anilines is 2. The highest BCUT2D eigenvalue weighted by Gasteiger charge is 2.19. The van der Waals surface area contributed by atoms with E-state index in [2.05, 4.69) is 25.7 Å². The van der Waals surface area contributed by atoms with Crippen LogP contribution in [0.2, 0.25) is 0 Å². The minimum Gasteiger partial charge on any atom is -0.444 e. The van der Waals surface area contributed by atoms with Gasteiger partial charge in [0.1, 0.15) is 11.2 Å². The second-order valence-corrected chi connectivity index (χ2v) is 10.0. The van der Waals surface area contributed by atoms with Gasteiger partial charge in [-0.2, -0.15) is 9.78 Å². The predicted molar refractivity (Wildman–Crippen MR) is 132 cm³/mol. The number of benzene rings is 1. The number of aryl methyl sites for hydroxylation is 1. The van der Waals surface area contributed by atoms with Crippen LogP contribution >= 0.6 is 0 Å². The largest absolute Gasteiger partial charge is 0.444 e. The van der Waals surface area contributed by atoms with Gasteiger partial charge in [-0.3, -0.25) is 0 Å². The molecule has 1 aromatic carbocycles. The van der Waals surface area contributed by atoms with Crippen molar-refractivity contribution >= 4 is 23.8 Å². The molecule has 0 aliphatic carbocycles. The molecule has 2 N–H and O–H groups in total. The Morgan fingerprint density at radius 3 is 2.40 bits per heavy atom. The quantitative estimate of drug-likeness (QED) is 0.511. The molecule has 0 fully saturated rings. The summed E-state index contributed by atoms with van der Waals surface area (Å²) in [6.45, 7) is 13.2. The highest BCUT2D eigenvalue weighted by molar-refractivity contribution is 5.71. The van der Waals surface area contributed by atoms with Gasteiger partial charge in [0.15, 0.2) is 0 Å². The Hall–Kier alpha value is -3.95. The zero-order valence-corrected chi connectivity index (χ0v) is 21.2. The van der Waals surface area contributed by atoms with Crippen LogP contribution in [0.3, 0.4) is 0 Å². The smallest absolute Gasteiger partial charge is 0.435 e. The van der Waals surface area contributed by atoms with Crippen LogP contribution in [0.25, 0.3) is 11.3 Å². The van der Waals surface area contributed by atoms with Crippen molar-refractivity contribution in [3.63, 3.8) is 0 Å². The highest BCUT2D eigenvalue weighted by Crippen LogP contribution is 2.22. The van der Waals surface area contributed by atoms with E-state index in [0.717, 1.165) is 27.1 Å². The number of ether oxygens (including phenoxy) is 2. The average Bonchev–Trinajstić information content (AvgIpc) is 3.19. The summed E-state index contributed by atoms with van der Waals surface area (Å²) in [5, 5.41) is 9.86.